The van der Waals surface area contributed by atoms with Crippen LogP contribution in [0.4, 0.5) is 5.95 Å². The molecule has 4 aromatic rings. The highest BCUT2D eigenvalue weighted by Crippen LogP contribution is 2.24. The van der Waals surface area contributed by atoms with E-state index in [9.17, 15) is 9.59 Å². The van der Waals surface area contributed by atoms with E-state index in [1.165, 1.54) is 4.90 Å². The summed E-state index contributed by atoms with van der Waals surface area (Å²) < 4.78 is 1.85. The molecule has 6 nitrogen and oxygen atoms in total. The van der Waals surface area contributed by atoms with E-state index < -0.39 is 0 Å². The lowest BCUT2D eigenvalue weighted by Gasteiger charge is -2.20. The van der Waals surface area contributed by atoms with Crippen molar-refractivity contribution in [1.82, 2.24) is 14.5 Å². The average molecular weight is 451 g/mol. The number of anilines is 1. The number of hydrogen-bond donors (Lipinski definition) is 1. The molecule has 0 bridgehead atoms. The summed E-state index contributed by atoms with van der Waals surface area (Å²) in [5.41, 5.74) is 4.17. The lowest BCUT2D eigenvalue weighted by atomic mass is 10.2. The predicted molar refractivity (Wildman–Crippen MR) is 135 cm³/mol. The maximum absolute atomic E-state index is 13.0. The van der Waals surface area contributed by atoms with Crippen molar-refractivity contribution >= 4 is 17.8 Å². The number of carbonyl (C=O) groups is 2. The normalized spacial score (nSPS) is 10.5. The Balaban J connectivity index is 1.61. The molecule has 0 saturated heterocycles. The second-order valence-corrected chi connectivity index (χ2v) is 7.91. The summed E-state index contributed by atoms with van der Waals surface area (Å²) in [5.74, 6) is -0.187. The third kappa shape index (κ3) is 5.30. The highest BCUT2D eigenvalue weighted by atomic mass is 16.2. The fourth-order valence-electron chi connectivity index (χ4n) is 3.67. The molecule has 1 aromatic heterocycles. The van der Waals surface area contributed by atoms with Crippen molar-refractivity contribution in [3.05, 3.63) is 115 Å². The first-order valence-electron chi connectivity index (χ1n) is 11.0. The lowest BCUT2D eigenvalue weighted by Crippen LogP contribution is -2.38. The van der Waals surface area contributed by atoms with Crippen molar-refractivity contribution in [3.8, 4) is 16.9 Å². The fourth-order valence-corrected chi connectivity index (χ4v) is 3.67. The van der Waals surface area contributed by atoms with Crippen LogP contribution in [0.1, 0.15) is 15.9 Å². The van der Waals surface area contributed by atoms with Crippen LogP contribution in [0.3, 0.4) is 0 Å². The van der Waals surface area contributed by atoms with Crippen molar-refractivity contribution < 1.29 is 9.59 Å². The van der Waals surface area contributed by atoms with E-state index in [4.69, 9.17) is 4.98 Å². The Labute approximate surface area is 199 Å². The van der Waals surface area contributed by atoms with E-state index in [2.05, 4.69) is 11.9 Å². The molecule has 0 spiro atoms. The zero-order chi connectivity index (χ0) is 23.9. The Kier molecular flexibility index (Phi) is 6.98. The van der Waals surface area contributed by atoms with Crippen molar-refractivity contribution in [2.75, 3.05) is 18.4 Å². The van der Waals surface area contributed by atoms with Crippen molar-refractivity contribution in [1.29, 1.82) is 0 Å². The smallest absolute Gasteiger partial charge is 0.254 e. The van der Waals surface area contributed by atoms with Gasteiger partial charge in [-0.05, 0) is 36.8 Å². The molecule has 0 unspecified atom stereocenters. The monoisotopic (exact) mass is 450 g/mol. The molecule has 1 N–H and O–H groups in total. The standard InChI is InChI=1S/C28H26N4O2/c1-3-17-31(27(34)23-14-8-5-9-15-23)20-26(33)30-28-29-25(22-12-6-4-7-13-22)19-32(28)24-16-10-11-21(2)18-24/h3-16,18-19H,1,17,20H2,2H3,(H,29,30,33). The van der Waals surface area contributed by atoms with Gasteiger partial charge in [0.2, 0.25) is 11.9 Å². The first-order valence-corrected chi connectivity index (χ1v) is 11.0. The molecule has 3 aromatic carbocycles. The van der Waals surface area contributed by atoms with E-state index in [-0.39, 0.29) is 24.9 Å². The molecule has 4 rings (SSSR count). The molecule has 0 aliphatic rings. The molecule has 0 saturated carbocycles. The number of nitrogens with one attached hydrogen (secondary N) is 1. The minimum absolute atomic E-state index is 0.124. The number of rotatable bonds is 8. The molecule has 0 atom stereocenters. The number of benzene rings is 3. The number of carbonyl (C=O) groups excluding carboxylic acids is 2. The Morgan fingerprint density at radius 1 is 1.00 bits per heavy atom. The number of imidazole rings is 1. The van der Waals surface area contributed by atoms with Crippen molar-refractivity contribution in [2.45, 2.75) is 6.92 Å². The van der Waals surface area contributed by atoms with Crippen LogP contribution in [-0.4, -0.2) is 39.4 Å². The Morgan fingerprint density at radius 3 is 2.38 bits per heavy atom. The first-order chi connectivity index (χ1) is 16.5. The van der Waals surface area contributed by atoms with Crippen molar-refractivity contribution in [3.63, 3.8) is 0 Å². The van der Waals surface area contributed by atoms with Crippen LogP contribution in [0.5, 0.6) is 0 Å². The second kappa shape index (κ2) is 10.4. The van der Waals surface area contributed by atoms with Crippen LogP contribution >= 0.6 is 0 Å². The van der Waals surface area contributed by atoms with E-state index in [0.29, 0.717) is 11.5 Å². The third-order valence-electron chi connectivity index (χ3n) is 5.30. The Hall–Kier alpha value is -4.45. The predicted octanol–water partition coefficient (Wildman–Crippen LogP) is 5.11. The quantitative estimate of drug-likeness (QED) is 0.379. The summed E-state index contributed by atoms with van der Waals surface area (Å²) in [6.45, 7) is 5.87. The zero-order valence-electron chi connectivity index (χ0n) is 19.0. The maximum atomic E-state index is 13.0. The van der Waals surface area contributed by atoms with E-state index in [1.54, 1.807) is 30.3 Å². The van der Waals surface area contributed by atoms with Gasteiger partial charge in [0.05, 0.1) is 5.69 Å². The maximum Gasteiger partial charge on any atom is 0.254 e. The van der Waals surface area contributed by atoms with Gasteiger partial charge in [-0.25, -0.2) is 4.98 Å². The van der Waals surface area contributed by atoms with E-state index in [0.717, 1.165) is 22.5 Å². The third-order valence-corrected chi connectivity index (χ3v) is 5.30. The van der Waals surface area contributed by atoms with Gasteiger partial charge in [-0.3, -0.25) is 19.5 Å². The molecule has 1 heterocycles. The van der Waals surface area contributed by atoms with Crippen molar-refractivity contribution in [2.24, 2.45) is 0 Å². The molecule has 34 heavy (non-hydrogen) atoms. The van der Waals surface area contributed by atoms with Gasteiger partial charge >= 0.3 is 0 Å². The van der Waals surface area contributed by atoms with Gasteiger partial charge in [0.15, 0.2) is 0 Å². The largest absolute Gasteiger partial charge is 0.326 e. The molecule has 0 aliphatic heterocycles. The molecule has 0 aliphatic carbocycles. The SMILES string of the molecule is C=CCN(CC(=O)Nc1nc(-c2ccccc2)cn1-c1cccc(C)c1)C(=O)c1ccccc1. The minimum Gasteiger partial charge on any atom is -0.326 e. The van der Waals surface area contributed by atoms with Crippen LogP contribution in [-0.2, 0) is 4.79 Å². The lowest BCUT2D eigenvalue weighted by molar-refractivity contribution is -0.116. The number of aromatic nitrogens is 2. The molecule has 170 valence electrons. The van der Waals surface area contributed by atoms with Crippen LogP contribution < -0.4 is 5.32 Å². The van der Waals surface area contributed by atoms with Gasteiger partial charge in [-0.1, -0.05) is 66.7 Å². The molecule has 2 amide bonds. The van der Waals surface area contributed by atoms with Gasteiger partial charge in [-0.15, -0.1) is 6.58 Å². The number of hydrogen-bond acceptors (Lipinski definition) is 3. The fraction of sp³-hybridized carbons (Fsp3) is 0.107. The van der Waals surface area contributed by atoms with E-state index in [1.807, 2.05) is 78.4 Å². The summed E-state index contributed by atoms with van der Waals surface area (Å²) in [4.78, 5) is 32.1. The zero-order valence-corrected chi connectivity index (χ0v) is 19.0. The summed E-state index contributed by atoms with van der Waals surface area (Å²) in [6, 6.07) is 26.6. The minimum atomic E-state index is -0.342. The summed E-state index contributed by atoms with van der Waals surface area (Å²) in [7, 11) is 0. The van der Waals surface area contributed by atoms with Crippen LogP contribution in [0, 0.1) is 6.92 Å². The van der Waals surface area contributed by atoms with Gasteiger partial charge in [-0.2, -0.15) is 0 Å². The Bertz CT molecular complexity index is 1300. The molecule has 0 fully saturated rings. The van der Waals surface area contributed by atoms with Crippen LogP contribution in [0.2, 0.25) is 0 Å². The summed E-state index contributed by atoms with van der Waals surface area (Å²) >= 11 is 0. The number of amides is 2. The number of nitrogens with zero attached hydrogens (tertiary/aromatic N) is 3. The molecule has 0 radical (unpaired) electrons. The van der Waals surface area contributed by atoms with Crippen LogP contribution in [0.15, 0.2) is 104 Å². The molecular weight excluding hydrogens is 424 g/mol. The highest BCUT2D eigenvalue weighted by Gasteiger charge is 2.20. The average Bonchev–Trinajstić information content (AvgIpc) is 3.28. The van der Waals surface area contributed by atoms with Gasteiger partial charge in [0, 0.05) is 29.6 Å². The van der Waals surface area contributed by atoms with Gasteiger partial charge in [0.1, 0.15) is 6.54 Å². The second-order valence-electron chi connectivity index (χ2n) is 7.91. The molecule has 6 heteroatoms. The topological polar surface area (TPSA) is 67.2 Å². The Morgan fingerprint density at radius 2 is 1.71 bits per heavy atom. The summed E-state index contributed by atoms with van der Waals surface area (Å²) in [6.07, 6.45) is 3.51. The highest BCUT2D eigenvalue weighted by molar-refractivity contribution is 5.99. The van der Waals surface area contributed by atoms with E-state index >= 15 is 0 Å². The first kappa shape index (κ1) is 22.7. The number of aryl methyl sites for hydroxylation is 1. The molecular formula is C28H26N4O2. The van der Waals surface area contributed by atoms with Gasteiger partial charge < -0.3 is 4.90 Å². The van der Waals surface area contributed by atoms with Gasteiger partial charge in [0.25, 0.3) is 5.91 Å². The summed E-state index contributed by atoms with van der Waals surface area (Å²) in [5, 5.41) is 2.90. The van der Waals surface area contributed by atoms with Crippen LogP contribution in [0.25, 0.3) is 16.9 Å².